The molecule has 0 unspecified atom stereocenters. The molecule has 5 rings (SSSR count). The van der Waals surface area contributed by atoms with Gasteiger partial charge >= 0.3 is 6.09 Å². The fourth-order valence-corrected chi connectivity index (χ4v) is 5.10. The Morgan fingerprint density at radius 2 is 1.72 bits per heavy atom. The van der Waals surface area contributed by atoms with E-state index in [1.807, 2.05) is 25.7 Å². The number of fused-ring (bicyclic) bond motifs is 1. The lowest BCUT2D eigenvalue weighted by atomic mass is 9.89. The molecule has 2 fully saturated rings. The standard InChI is InChI=1S/C28H37N5O3/c1-28(2,3)36-27(34)33-13-11-20(12-14-33)24-19-31(4)26-23(24)9-10-25(30-26)29-21-5-7-22(8-6-21)32-15-17-35-18-16-32/h5-10,19-20H,11-18H2,1-4H3,(H,29,30). The van der Waals surface area contributed by atoms with Gasteiger partial charge in [-0.25, -0.2) is 9.78 Å². The van der Waals surface area contributed by atoms with Gasteiger partial charge in [0.05, 0.1) is 13.2 Å². The van der Waals surface area contributed by atoms with Gasteiger partial charge < -0.3 is 29.2 Å². The van der Waals surface area contributed by atoms with Gasteiger partial charge in [0.2, 0.25) is 0 Å². The number of pyridine rings is 1. The number of aryl methyl sites for hydroxylation is 1. The number of morpholine rings is 1. The maximum Gasteiger partial charge on any atom is 0.410 e. The molecule has 0 bridgehead atoms. The molecule has 36 heavy (non-hydrogen) atoms. The van der Waals surface area contributed by atoms with Crippen molar-refractivity contribution in [3.63, 3.8) is 0 Å². The van der Waals surface area contributed by atoms with Crippen molar-refractivity contribution < 1.29 is 14.3 Å². The molecule has 2 aromatic heterocycles. The fourth-order valence-electron chi connectivity index (χ4n) is 5.10. The van der Waals surface area contributed by atoms with Crippen LogP contribution in [-0.4, -0.2) is 65.5 Å². The summed E-state index contributed by atoms with van der Waals surface area (Å²) in [5.41, 5.74) is 4.05. The summed E-state index contributed by atoms with van der Waals surface area (Å²) in [5.74, 6) is 1.23. The van der Waals surface area contributed by atoms with Gasteiger partial charge in [-0.3, -0.25) is 0 Å². The molecule has 1 amide bonds. The molecule has 3 aromatic rings. The van der Waals surface area contributed by atoms with E-state index in [0.717, 1.165) is 56.3 Å². The highest BCUT2D eigenvalue weighted by Crippen LogP contribution is 2.35. The van der Waals surface area contributed by atoms with Gasteiger partial charge in [0.15, 0.2) is 0 Å². The summed E-state index contributed by atoms with van der Waals surface area (Å²) < 4.78 is 13.1. The molecule has 1 N–H and O–H groups in total. The third kappa shape index (κ3) is 5.43. The zero-order valence-corrected chi connectivity index (χ0v) is 21.8. The highest BCUT2D eigenvalue weighted by Gasteiger charge is 2.29. The second-order valence-electron chi connectivity index (χ2n) is 10.8. The number of benzene rings is 1. The van der Waals surface area contributed by atoms with Crippen LogP contribution in [0.5, 0.6) is 0 Å². The Balaban J connectivity index is 1.25. The first-order valence-electron chi connectivity index (χ1n) is 12.9. The van der Waals surface area contributed by atoms with Crippen molar-refractivity contribution in [1.29, 1.82) is 0 Å². The van der Waals surface area contributed by atoms with Crippen LogP contribution in [-0.2, 0) is 16.5 Å². The SMILES string of the molecule is Cn1cc(C2CCN(C(=O)OC(C)(C)C)CC2)c2ccc(Nc3ccc(N4CCOCC4)cc3)nc21. The first kappa shape index (κ1) is 24.4. The van der Waals surface area contributed by atoms with Gasteiger partial charge in [-0.1, -0.05) is 0 Å². The first-order valence-corrected chi connectivity index (χ1v) is 12.9. The molecule has 0 spiro atoms. The maximum absolute atomic E-state index is 12.4. The lowest BCUT2D eigenvalue weighted by molar-refractivity contribution is 0.0205. The predicted molar refractivity (Wildman–Crippen MR) is 143 cm³/mol. The molecule has 8 nitrogen and oxygen atoms in total. The van der Waals surface area contributed by atoms with Crippen molar-refractivity contribution in [3.8, 4) is 0 Å². The number of ether oxygens (including phenoxy) is 2. The van der Waals surface area contributed by atoms with Gasteiger partial charge in [-0.05, 0) is 81.5 Å². The maximum atomic E-state index is 12.4. The molecule has 1 aromatic carbocycles. The molecule has 0 radical (unpaired) electrons. The molecule has 0 aliphatic carbocycles. The fraction of sp³-hybridized carbons (Fsp3) is 0.500. The van der Waals surface area contributed by atoms with E-state index in [0.29, 0.717) is 19.0 Å². The molecule has 192 valence electrons. The van der Waals surface area contributed by atoms with Gasteiger partial charge in [0.1, 0.15) is 17.1 Å². The third-order valence-electron chi connectivity index (χ3n) is 6.96. The van der Waals surface area contributed by atoms with Crippen LogP contribution in [0.3, 0.4) is 0 Å². The van der Waals surface area contributed by atoms with Crippen molar-refractivity contribution in [1.82, 2.24) is 14.5 Å². The number of hydrogen-bond donors (Lipinski definition) is 1. The van der Waals surface area contributed by atoms with Crippen molar-refractivity contribution >= 4 is 34.3 Å². The highest BCUT2D eigenvalue weighted by molar-refractivity contribution is 5.83. The van der Waals surface area contributed by atoms with Crippen LogP contribution < -0.4 is 10.2 Å². The summed E-state index contributed by atoms with van der Waals surface area (Å²) in [6, 6.07) is 12.7. The number of carbonyl (C=O) groups excluding carboxylic acids is 1. The number of carbonyl (C=O) groups is 1. The van der Waals surface area contributed by atoms with E-state index in [4.69, 9.17) is 14.5 Å². The Morgan fingerprint density at radius 1 is 1.03 bits per heavy atom. The zero-order chi connectivity index (χ0) is 25.3. The predicted octanol–water partition coefficient (Wildman–Crippen LogP) is 5.27. The van der Waals surface area contributed by atoms with E-state index in [1.165, 1.54) is 16.6 Å². The zero-order valence-electron chi connectivity index (χ0n) is 21.8. The minimum atomic E-state index is -0.467. The summed E-state index contributed by atoms with van der Waals surface area (Å²) in [6.45, 7) is 10.6. The molecule has 2 saturated heterocycles. The minimum absolute atomic E-state index is 0.214. The van der Waals surface area contributed by atoms with E-state index >= 15 is 0 Å². The Labute approximate surface area is 213 Å². The summed E-state index contributed by atoms with van der Waals surface area (Å²) in [7, 11) is 2.05. The number of anilines is 3. The quantitative estimate of drug-likeness (QED) is 0.536. The van der Waals surface area contributed by atoms with Crippen LogP contribution in [0.2, 0.25) is 0 Å². The average molecular weight is 492 g/mol. The number of piperidine rings is 1. The Bertz CT molecular complexity index is 1200. The van der Waals surface area contributed by atoms with Crippen LogP contribution in [0.4, 0.5) is 22.0 Å². The number of likely N-dealkylation sites (tertiary alicyclic amines) is 1. The summed E-state index contributed by atoms with van der Waals surface area (Å²) >= 11 is 0. The van der Waals surface area contributed by atoms with Crippen molar-refractivity contribution in [2.75, 3.05) is 49.6 Å². The van der Waals surface area contributed by atoms with Crippen molar-refractivity contribution in [2.45, 2.75) is 45.1 Å². The number of nitrogens with zero attached hydrogens (tertiary/aromatic N) is 4. The molecule has 8 heteroatoms. The molecule has 4 heterocycles. The molecule has 2 aliphatic heterocycles. The molecular weight excluding hydrogens is 454 g/mol. The third-order valence-corrected chi connectivity index (χ3v) is 6.96. The number of hydrogen-bond acceptors (Lipinski definition) is 6. The van der Waals surface area contributed by atoms with Gasteiger partial charge in [-0.15, -0.1) is 0 Å². The van der Waals surface area contributed by atoms with Crippen LogP contribution in [0.15, 0.2) is 42.6 Å². The van der Waals surface area contributed by atoms with Crippen LogP contribution >= 0.6 is 0 Å². The molecular formula is C28H37N5O3. The monoisotopic (exact) mass is 491 g/mol. The van der Waals surface area contributed by atoms with E-state index in [1.54, 1.807) is 0 Å². The lowest BCUT2D eigenvalue weighted by Gasteiger charge is -2.33. The Hall–Kier alpha value is -3.26. The van der Waals surface area contributed by atoms with E-state index in [2.05, 4.69) is 64.4 Å². The van der Waals surface area contributed by atoms with Gasteiger partial charge in [0.25, 0.3) is 0 Å². The molecule has 0 atom stereocenters. The van der Waals surface area contributed by atoms with Crippen LogP contribution in [0.25, 0.3) is 11.0 Å². The smallest absolute Gasteiger partial charge is 0.410 e. The van der Waals surface area contributed by atoms with Crippen LogP contribution in [0, 0.1) is 0 Å². The average Bonchev–Trinajstić information content (AvgIpc) is 3.20. The summed E-state index contributed by atoms with van der Waals surface area (Å²) in [6.07, 6.45) is 3.84. The summed E-state index contributed by atoms with van der Waals surface area (Å²) in [5, 5.41) is 4.64. The number of nitrogens with one attached hydrogen (secondary N) is 1. The van der Waals surface area contributed by atoms with Crippen molar-refractivity contribution in [2.24, 2.45) is 7.05 Å². The first-order chi connectivity index (χ1) is 17.3. The topological polar surface area (TPSA) is 71.9 Å². The lowest BCUT2D eigenvalue weighted by Crippen LogP contribution is -2.41. The number of amides is 1. The Morgan fingerprint density at radius 3 is 2.39 bits per heavy atom. The summed E-state index contributed by atoms with van der Waals surface area (Å²) in [4.78, 5) is 21.5. The van der Waals surface area contributed by atoms with E-state index < -0.39 is 5.60 Å². The van der Waals surface area contributed by atoms with Gasteiger partial charge in [-0.2, -0.15) is 0 Å². The van der Waals surface area contributed by atoms with Crippen LogP contribution in [0.1, 0.15) is 45.1 Å². The van der Waals surface area contributed by atoms with E-state index in [-0.39, 0.29) is 6.09 Å². The highest BCUT2D eigenvalue weighted by atomic mass is 16.6. The molecule has 2 aliphatic rings. The number of aromatic nitrogens is 2. The normalized spacial score (nSPS) is 17.4. The largest absolute Gasteiger partial charge is 0.444 e. The van der Waals surface area contributed by atoms with Gasteiger partial charge in [0, 0.05) is 56.2 Å². The van der Waals surface area contributed by atoms with E-state index in [9.17, 15) is 4.79 Å². The van der Waals surface area contributed by atoms with Crippen molar-refractivity contribution in [3.05, 3.63) is 48.2 Å². The minimum Gasteiger partial charge on any atom is -0.444 e. The molecule has 0 saturated carbocycles. The second kappa shape index (κ2) is 10.0. The Kier molecular flexibility index (Phi) is 6.79. The second-order valence-corrected chi connectivity index (χ2v) is 10.8. The number of rotatable bonds is 4.